The SMILES string of the molecule is CCCCC(=O)OC(C)c1ccccc1C. The van der Waals surface area contributed by atoms with Crippen LogP contribution in [-0.4, -0.2) is 5.97 Å². The Balaban J connectivity index is 2.55. The van der Waals surface area contributed by atoms with Crippen LogP contribution in [0.5, 0.6) is 0 Å². The fourth-order valence-electron chi connectivity index (χ4n) is 1.68. The number of carbonyl (C=O) groups excluding carboxylic acids is 1. The highest BCUT2D eigenvalue weighted by atomic mass is 16.5. The van der Waals surface area contributed by atoms with Crippen LogP contribution in [0.3, 0.4) is 0 Å². The summed E-state index contributed by atoms with van der Waals surface area (Å²) >= 11 is 0. The van der Waals surface area contributed by atoms with Crippen LogP contribution in [0, 0.1) is 6.92 Å². The van der Waals surface area contributed by atoms with E-state index in [-0.39, 0.29) is 12.1 Å². The van der Waals surface area contributed by atoms with Gasteiger partial charge in [-0.2, -0.15) is 0 Å². The molecule has 0 N–H and O–H groups in total. The van der Waals surface area contributed by atoms with Crippen molar-refractivity contribution in [2.75, 3.05) is 0 Å². The lowest BCUT2D eigenvalue weighted by molar-refractivity contribution is -0.148. The van der Waals surface area contributed by atoms with Gasteiger partial charge in [-0.05, 0) is 31.4 Å². The molecule has 1 aromatic carbocycles. The lowest BCUT2D eigenvalue weighted by Crippen LogP contribution is -2.09. The van der Waals surface area contributed by atoms with E-state index in [1.165, 1.54) is 5.56 Å². The fraction of sp³-hybridized carbons (Fsp3) is 0.500. The monoisotopic (exact) mass is 220 g/mol. The van der Waals surface area contributed by atoms with Gasteiger partial charge < -0.3 is 4.74 Å². The molecule has 88 valence electrons. The molecule has 0 spiro atoms. The lowest BCUT2D eigenvalue weighted by atomic mass is 10.0. The molecule has 0 amide bonds. The Labute approximate surface area is 97.6 Å². The number of rotatable bonds is 5. The van der Waals surface area contributed by atoms with E-state index < -0.39 is 0 Å². The molecule has 0 saturated heterocycles. The lowest BCUT2D eigenvalue weighted by Gasteiger charge is -2.15. The highest BCUT2D eigenvalue weighted by Crippen LogP contribution is 2.21. The van der Waals surface area contributed by atoms with E-state index in [9.17, 15) is 4.79 Å². The van der Waals surface area contributed by atoms with Gasteiger partial charge in [-0.15, -0.1) is 0 Å². The van der Waals surface area contributed by atoms with Crippen molar-refractivity contribution in [3.8, 4) is 0 Å². The minimum absolute atomic E-state index is 0.0994. The van der Waals surface area contributed by atoms with E-state index in [1.807, 2.05) is 38.1 Å². The largest absolute Gasteiger partial charge is 0.458 e. The first-order valence-corrected chi connectivity index (χ1v) is 5.90. The number of carbonyl (C=O) groups is 1. The number of hydrogen-bond donors (Lipinski definition) is 0. The summed E-state index contributed by atoms with van der Waals surface area (Å²) in [4.78, 5) is 11.5. The van der Waals surface area contributed by atoms with Crippen LogP contribution in [0.15, 0.2) is 24.3 Å². The third-order valence-corrected chi connectivity index (χ3v) is 2.67. The van der Waals surface area contributed by atoms with Gasteiger partial charge in [0.25, 0.3) is 0 Å². The van der Waals surface area contributed by atoms with Crippen LogP contribution in [0.2, 0.25) is 0 Å². The first-order valence-electron chi connectivity index (χ1n) is 5.90. The van der Waals surface area contributed by atoms with Gasteiger partial charge in [0.1, 0.15) is 6.10 Å². The van der Waals surface area contributed by atoms with Crippen molar-refractivity contribution in [1.82, 2.24) is 0 Å². The maximum absolute atomic E-state index is 11.5. The van der Waals surface area contributed by atoms with Crippen molar-refractivity contribution in [3.05, 3.63) is 35.4 Å². The van der Waals surface area contributed by atoms with Gasteiger partial charge in [-0.25, -0.2) is 0 Å². The summed E-state index contributed by atoms with van der Waals surface area (Å²) in [6, 6.07) is 8.00. The Morgan fingerprint density at radius 2 is 2.06 bits per heavy atom. The van der Waals surface area contributed by atoms with E-state index in [0.29, 0.717) is 6.42 Å². The predicted octanol–water partition coefficient (Wildman–Crippen LogP) is 3.79. The second-order valence-electron chi connectivity index (χ2n) is 4.09. The number of aryl methyl sites for hydroxylation is 1. The van der Waals surface area contributed by atoms with Gasteiger partial charge >= 0.3 is 5.97 Å². The van der Waals surface area contributed by atoms with E-state index in [4.69, 9.17) is 4.74 Å². The molecular weight excluding hydrogens is 200 g/mol. The zero-order valence-electron chi connectivity index (χ0n) is 10.3. The van der Waals surface area contributed by atoms with E-state index in [1.54, 1.807) is 0 Å². The average Bonchev–Trinajstić information content (AvgIpc) is 2.26. The number of ether oxygens (including phenoxy) is 1. The molecule has 0 aliphatic rings. The quantitative estimate of drug-likeness (QED) is 0.706. The van der Waals surface area contributed by atoms with Crippen molar-refractivity contribution in [2.45, 2.75) is 46.1 Å². The molecule has 2 nitrogen and oxygen atoms in total. The third-order valence-electron chi connectivity index (χ3n) is 2.67. The Bertz CT molecular complexity index is 344. The Morgan fingerprint density at radius 3 is 2.69 bits per heavy atom. The minimum Gasteiger partial charge on any atom is -0.458 e. The predicted molar refractivity (Wildman–Crippen MR) is 65.2 cm³/mol. The summed E-state index contributed by atoms with van der Waals surface area (Å²) in [6.07, 6.45) is 2.30. The van der Waals surface area contributed by atoms with Gasteiger partial charge in [-0.3, -0.25) is 4.79 Å². The zero-order chi connectivity index (χ0) is 12.0. The molecule has 0 saturated carbocycles. The number of unbranched alkanes of at least 4 members (excludes halogenated alkanes) is 1. The van der Waals surface area contributed by atoms with Crippen molar-refractivity contribution in [1.29, 1.82) is 0 Å². The van der Waals surface area contributed by atoms with Gasteiger partial charge in [0.15, 0.2) is 0 Å². The second-order valence-corrected chi connectivity index (χ2v) is 4.09. The van der Waals surface area contributed by atoms with Crippen LogP contribution < -0.4 is 0 Å². The minimum atomic E-state index is -0.148. The molecule has 16 heavy (non-hydrogen) atoms. The second kappa shape index (κ2) is 6.31. The molecule has 0 fully saturated rings. The van der Waals surface area contributed by atoms with Crippen LogP contribution >= 0.6 is 0 Å². The maximum atomic E-state index is 11.5. The Morgan fingerprint density at radius 1 is 1.38 bits per heavy atom. The van der Waals surface area contributed by atoms with Crippen molar-refractivity contribution in [3.63, 3.8) is 0 Å². The summed E-state index contributed by atoms with van der Waals surface area (Å²) in [5.41, 5.74) is 2.26. The summed E-state index contributed by atoms with van der Waals surface area (Å²) in [5.74, 6) is -0.0994. The van der Waals surface area contributed by atoms with Crippen LogP contribution in [0.25, 0.3) is 0 Å². The zero-order valence-corrected chi connectivity index (χ0v) is 10.3. The van der Waals surface area contributed by atoms with E-state index in [2.05, 4.69) is 6.92 Å². The molecule has 2 heteroatoms. The standard InChI is InChI=1S/C14H20O2/c1-4-5-10-14(15)16-12(3)13-9-7-6-8-11(13)2/h6-9,12H,4-5,10H2,1-3H3. The maximum Gasteiger partial charge on any atom is 0.306 e. The molecule has 1 rings (SSSR count). The summed E-state index contributed by atoms with van der Waals surface area (Å²) in [6.45, 7) is 6.02. The number of hydrogen-bond acceptors (Lipinski definition) is 2. The first kappa shape index (κ1) is 12.8. The van der Waals surface area contributed by atoms with Gasteiger partial charge in [-0.1, -0.05) is 37.6 Å². The molecule has 0 radical (unpaired) electrons. The van der Waals surface area contributed by atoms with E-state index >= 15 is 0 Å². The normalized spacial score (nSPS) is 12.2. The molecular formula is C14H20O2. The molecule has 1 unspecified atom stereocenters. The highest BCUT2D eigenvalue weighted by molar-refractivity contribution is 5.69. The van der Waals surface area contributed by atoms with Crippen LogP contribution in [-0.2, 0) is 9.53 Å². The summed E-state index contributed by atoms with van der Waals surface area (Å²) in [5, 5.41) is 0. The van der Waals surface area contributed by atoms with E-state index in [0.717, 1.165) is 18.4 Å². The van der Waals surface area contributed by atoms with Crippen LogP contribution in [0.1, 0.15) is 50.3 Å². The van der Waals surface area contributed by atoms with Crippen molar-refractivity contribution >= 4 is 5.97 Å². The van der Waals surface area contributed by atoms with Crippen molar-refractivity contribution in [2.24, 2.45) is 0 Å². The Hall–Kier alpha value is -1.31. The van der Waals surface area contributed by atoms with Gasteiger partial charge in [0.05, 0.1) is 0 Å². The molecule has 1 aromatic rings. The van der Waals surface area contributed by atoms with Gasteiger partial charge in [0.2, 0.25) is 0 Å². The average molecular weight is 220 g/mol. The first-order chi connectivity index (χ1) is 7.65. The van der Waals surface area contributed by atoms with Crippen LogP contribution in [0.4, 0.5) is 0 Å². The smallest absolute Gasteiger partial charge is 0.306 e. The molecule has 0 heterocycles. The topological polar surface area (TPSA) is 26.3 Å². The molecule has 0 aliphatic carbocycles. The third kappa shape index (κ3) is 3.69. The molecule has 0 aliphatic heterocycles. The Kier molecular flexibility index (Phi) is 5.03. The number of benzene rings is 1. The summed E-state index contributed by atoms with van der Waals surface area (Å²) < 4.78 is 5.38. The molecule has 0 aromatic heterocycles. The summed E-state index contributed by atoms with van der Waals surface area (Å²) in [7, 11) is 0. The fourth-order valence-corrected chi connectivity index (χ4v) is 1.68. The molecule has 0 bridgehead atoms. The number of esters is 1. The van der Waals surface area contributed by atoms with Crippen molar-refractivity contribution < 1.29 is 9.53 Å². The molecule has 1 atom stereocenters. The van der Waals surface area contributed by atoms with Gasteiger partial charge in [0, 0.05) is 6.42 Å². The highest BCUT2D eigenvalue weighted by Gasteiger charge is 2.12.